The molecular weight excluding hydrogens is 438 g/mol. The van der Waals surface area contributed by atoms with Crippen LogP contribution < -0.4 is 10.6 Å². The van der Waals surface area contributed by atoms with E-state index in [1.54, 1.807) is 0 Å². The maximum absolute atomic E-state index is 13.6. The molecule has 0 atom stereocenters. The molecule has 0 bridgehead atoms. The summed E-state index contributed by atoms with van der Waals surface area (Å²) in [5.74, 6) is -0.124. The third kappa shape index (κ3) is 5.14. The van der Waals surface area contributed by atoms with E-state index in [0.29, 0.717) is 17.1 Å². The fourth-order valence-electron chi connectivity index (χ4n) is 4.35. The zero-order valence-corrected chi connectivity index (χ0v) is 20.3. The van der Waals surface area contributed by atoms with Gasteiger partial charge in [-0.2, -0.15) is 5.10 Å². The summed E-state index contributed by atoms with van der Waals surface area (Å²) in [4.78, 5) is 18.5. The van der Waals surface area contributed by atoms with Gasteiger partial charge in [0.2, 0.25) is 0 Å². The highest BCUT2D eigenvalue weighted by Crippen LogP contribution is 2.31. The van der Waals surface area contributed by atoms with Crippen molar-refractivity contribution in [2.75, 3.05) is 18.5 Å². The Labute approximate surface area is 199 Å². The van der Waals surface area contributed by atoms with Crippen molar-refractivity contribution in [3.63, 3.8) is 0 Å². The zero-order valence-electron chi connectivity index (χ0n) is 19.6. The molecule has 0 unspecified atom stereocenters. The Bertz CT molecular complexity index is 1140. The van der Waals surface area contributed by atoms with E-state index < -0.39 is 0 Å². The summed E-state index contributed by atoms with van der Waals surface area (Å²) in [5, 5.41) is 12.9. The normalized spacial score (nSPS) is 14.5. The summed E-state index contributed by atoms with van der Waals surface area (Å²) in [7, 11) is 0. The number of pyridine rings is 1. The van der Waals surface area contributed by atoms with Gasteiger partial charge in [-0.25, -0.2) is 9.67 Å². The zero-order chi connectivity index (χ0) is 23.4. The van der Waals surface area contributed by atoms with Crippen LogP contribution >= 0.6 is 11.6 Å². The Balaban J connectivity index is 1.73. The Morgan fingerprint density at radius 3 is 2.76 bits per heavy atom. The van der Waals surface area contributed by atoms with Crippen molar-refractivity contribution < 1.29 is 9.53 Å². The van der Waals surface area contributed by atoms with Gasteiger partial charge in [0.15, 0.2) is 5.65 Å². The number of hydrogen-bond acceptors (Lipinski definition) is 5. The molecular formula is C25H32ClN5O2. The lowest BCUT2D eigenvalue weighted by molar-refractivity contribution is 0.0903. The Hall–Kier alpha value is -2.64. The Morgan fingerprint density at radius 1 is 1.27 bits per heavy atom. The molecule has 3 aromatic rings. The second-order valence-corrected chi connectivity index (χ2v) is 8.98. The van der Waals surface area contributed by atoms with Crippen molar-refractivity contribution in [1.29, 1.82) is 0 Å². The Morgan fingerprint density at radius 2 is 2.06 bits per heavy atom. The van der Waals surface area contributed by atoms with E-state index >= 15 is 0 Å². The standard InChI is InChI=1S/C25H32ClN5O2/c1-4-6-21-22(25(32)27-14-17-7-8-18(26)13-16(17)3)23(29-19-9-11-33-12-10-19)20-15-28-31(5-2)24(20)30-21/h7-8,13,15,19H,4-6,9-12,14H2,1-3H3,(H,27,32)(H,29,30). The van der Waals surface area contributed by atoms with Crippen LogP contribution in [0.1, 0.15) is 60.3 Å². The van der Waals surface area contributed by atoms with Crippen molar-refractivity contribution in [2.45, 2.75) is 65.6 Å². The minimum atomic E-state index is -0.124. The maximum atomic E-state index is 13.6. The number of hydrogen-bond donors (Lipinski definition) is 2. The van der Waals surface area contributed by atoms with Crippen LogP contribution in [0.2, 0.25) is 5.02 Å². The first-order valence-corrected chi connectivity index (χ1v) is 12.2. The molecule has 1 aromatic carbocycles. The number of fused-ring (bicyclic) bond motifs is 1. The van der Waals surface area contributed by atoms with Gasteiger partial charge < -0.3 is 15.4 Å². The fourth-order valence-corrected chi connectivity index (χ4v) is 4.57. The largest absolute Gasteiger partial charge is 0.381 e. The number of nitrogens with one attached hydrogen (secondary N) is 2. The molecule has 1 saturated heterocycles. The van der Waals surface area contributed by atoms with Crippen molar-refractivity contribution >= 4 is 34.2 Å². The summed E-state index contributed by atoms with van der Waals surface area (Å²) >= 11 is 6.09. The van der Waals surface area contributed by atoms with Gasteiger partial charge in [-0.15, -0.1) is 0 Å². The molecule has 4 rings (SSSR count). The summed E-state index contributed by atoms with van der Waals surface area (Å²) < 4.78 is 7.43. The van der Waals surface area contributed by atoms with Gasteiger partial charge in [0.05, 0.1) is 28.5 Å². The smallest absolute Gasteiger partial charge is 0.255 e. The molecule has 0 radical (unpaired) electrons. The predicted octanol–water partition coefficient (Wildman–Crippen LogP) is 4.89. The molecule has 0 aliphatic carbocycles. The van der Waals surface area contributed by atoms with Crippen molar-refractivity contribution in [1.82, 2.24) is 20.1 Å². The molecule has 0 saturated carbocycles. The van der Waals surface area contributed by atoms with E-state index in [0.717, 1.165) is 79.0 Å². The fraction of sp³-hybridized carbons (Fsp3) is 0.480. The number of carbonyl (C=O) groups is 1. The van der Waals surface area contributed by atoms with Gasteiger partial charge in [-0.1, -0.05) is 31.0 Å². The van der Waals surface area contributed by atoms with Gasteiger partial charge in [0.1, 0.15) is 0 Å². The van der Waals surface area contributed by atoms with E-state index in [9.17, 15) is 4.79 Å². The molecule has 7 nitrogen and oxygen atoms in total. The third-order valence-electron chi connectivity index (χ3n) is 6.19. The molecule has 176 valence electrons. The average molecular weight is 470 g/mol. The monoisotopic (exact) mass is 469 g/mol. The number of nitrogens with zero attached hydrogens (tertiary/aromatic N) is 3. The topological polar surface area (TPSA) is 81.1 Å². The van der Waals surface area contributed by atoms with Gasteiger partial charge >= 0.3 is 0 Å². The van der Waals surface area contributed by atoms with E-state index in [-0.39, 0.29) is 11.9 Å². The molecule has 1 amide bonds. The first-order chi connectivity index (χ1) is 16.0. The quantitative estimate of drug-likeness (QED) is 0.491. The highest BCUT2D eigenvalue weighted by molar-refractivity contribution is 6.30. The van der Waals surface area contributed by atoms with Crippen molar-refractivity contribution in [3.8, 4) is 0 Å². The first-order valence-electron chi connectivity index (χ1n) is 11.8. The average Bonchev–Trinajstić information content (AvgIpc) is 3.22. The minimum Gasteiger partial charge on any atom is -0.381 e. The van der Waals surface area contributed by atoms with Gasteiger partial charge in [0.25, 0.3) is 5.91 Å². The van der Waals surface area contributed by atoms with E-state index in [2.05, 4.69) is 22.7 Å². The van der Waals surface area contributed by atoms with E-state index in [4.69, 9.17) is 21.3 Å². The second kappa shape index (κ2) is 10.5. The SMILES string of the molecule is CCCc1nc2c(cnn2CC)c(NC2CCOCC2)c1C(=O)NCc1ccc(Cl)cc1C. The highest BCUT2D eigenvalue weighted by atomic mass is 35.5. The van der Waals surface area contributed by atoms with Crippen molar-refractivity contribution in [2.24, 2.45) is 0 Å². The number of benzene rings is 1. The lowest BCUT2D eigenvalue weighted by Gasteiger charge is -2.26. The number of carbonyl (C=O) groups excluding carboxylic acids is 1. The lowest BCUT2D eigenvalue weighted by atomic mass is 10.0. The Kier molecular flexibility index (Phi) is 7.50. The number of anilines is 1. The molecule has 2 N–H and O–H groups in total. The maximum Gasteiger partial charge on any atom is 0.255 e. The van der Waals surface area contributed by atoms with Crippen LogP contribution in [0.15, 0.2) is 24.4 Å². The van der Waals surface area contributed by atoms with E-state index in [1.165, 1.54) is 0 Å². The number of rotatable bonds is 8. The molecule has 3 heterocycles. The minimum absolute atomic E-state index is 0.124. The number of aromatic nitrogens is 3. The van der Waals surface area contributed by atoms with E-state index in [1.807, 2.05) is 42.9 Å². The molecule has 0 spiro atoms. The van der Waals surface area contributed by atoms with Crippen LogP contribution in [-0.2, 0) is 24.2 Å². The van der Waals surface area contributed by atoms with Crippen LogP contribution in [0.3, 0.4) is 0 Å². The summed E-state index contributed by atoms with van der Waals surface area (Å²) in [6.45, 7) is 8.75. The highest BCUT2D eigenvalue weighted by Gasteiger charge is 2.25. The van der Waals surface area contributed by atoms with Crippen LogP contribution in [0.4, 0.5) is 5.69 Å². The van der Waals surface area contributed by atoms with Crippen LogP contribution in [0.5, 0.6) is 0 Å². The molecule has 2 aromatic heterocycles. The van der Waals surface area contributed by atoms with Gasteiger partial charge in [0, 0.05) is 37.4 Å². The molecule has 1 aliphatic heterocycles. The molecule has 1 fully saturated rings. The first kappa shape index (κ1) is 23.5. The molecule has 33 heavy (non-hydrogen) atoms. The molecule has 8 heteroatoms. The van der Waals surface area contributed by atoms with Crippen LogP contribution in [0, 0.1) is 6.92 Å². The van der Waals surface area contributed by atoms with Gasteiger partial charge in [-0.3, -0.25) is 4.79 Å². The number of ether oxygens (including phenoxy) is 1. The van der Waals surface area contributed by atoms with Crippen LogP contribution in [-0.4, -0.2) is 39.9 Å². The predicted molar refractivity (Wildman–Crippen MR) is 132 cm³/mol. The lowest BCUT2D eigenvalue weighted by Crippen LogP contribution is -2.31. The number of amides is 1. The van der Waals surface area contributed by atoms with Crippen molar-refractivity contribution in [3.05, 3.63) is 51.8 Å². The third-order valence-corrected chi connectivity index (χ3v) is 6.42. The summed E-state index contributed by atoms with van der Waals surface area (Å²) in [6.07, 6.45) is 5.24. The van der Waals surface area contributed by atoms with Gasteiger partial charge in [-0.05, 0) is 56.4 Å². The second-order valence-electron chi connectivity index (χ2n) is 8.54. The molecule has 1 aliphatic rings. The summed E-state index contributed by atoms with van der Waals surface area (Å²) in [5.41, 5.74) is 5.17. The number of aryl methyl sites for hydroxylation is 3. The van der Waals surface area contributed by atoms with Crippen LogP contribution in [0.25, 0.3) is 11.0 Å². The number of halogens is 1. The summed E-state index contributed by atoms with van der Waals surface area (Å²) in [6, 6.07) is 5.97.